The molecule has 0 saturated heterocycles. The predicted molar refractivity (Wildman–Crippen MR) is 71.4 cm³/mol. The fourth-order valence-electron chi connectivity index (χ4n) is 1.21. The van der Waals surface area contributed by atoms with Crippen LogP contribution in [0.3, 0.4) is 0 Å². The predicted octanol–water partition coefficient (Wildman–Crippen LogP) is 3.34. The van der Waals surface area contributed by atoms with E-state index in [0.29, 0.717) is 0 Å². The zero-order valence-electron chi connectivity index (χ0n) is 8.11. The Labute approximate surface area is 110 Å². The largest absolute Gasteiger partial charge is 0.384 e. The molecule has 0 fully saturated rings. The molecule has 0 radical (unpaired) electrons. The molecule has 1 aromatic heterocycles. The Kier molecular flexibility index (Phi) is 3.63. The highest BCUT2D eigenvalue weighted by molar-refractivity contribution is 9.10. The van der Waals surface area contributed by atoms with Crippen molar-refractivity contribution in [1.29, 1.82) is 5.41 Å². The lowest BCUT2D eigenvalue weighted by atomic mass is 10.2. The van der Waals surface area contributed by atoms with E-state index in [1.807, 2.05) is 23.6 Å². The molecule has 16 heavy (non-hydrogen) atoms. The van der Waals surface area contributed by atoms with E-state index in [2.05, 4.69) is 20.9 Å². The van der Waals surface area contributed by atoms with Crippen LogP contribution in [0, 0.1) is 5.41 Å². The van der Waals surface area contributed by atoms with Crippen molar-refractivity contribution in [2.24, 2.45) is 5.73 Å². The second kappa shape index (κ2) is 4.99. The van der Waals surface area contributed by atoms with Crippen LogP contribution >= 0.6 is 39.0 Å². The summed E-state index contributed by atoms with van der Waals surface area (Å²) in [5.41, 5.74) is 6.29. The molecule has 82 valence electrons. The summed E-state index contributed by atoms with van der Waals surface area (Å²) < 4.78 is 1.78. The Balaban J connectivity index is 2.40. The van der Waals surface area contributed by atoms with E-state index in [1.165, 1.54) is 11.8 Å². The van der Waals surface area contributed by atoms with Gasteiger partial charge < -0.3 is 5.73 Å². The van der Waals surface area contributed by atoms with Crippen molar-refractivity contribution in [3.05, 3.63) is 39.8 Å². The number of nitrogen functional groups attached to an aromatic ring is 1. The first-order valence-electron chi connectivity index (χ1n) is 4.38. The molecule has 2 aromatic rings. The quantitative estimate of drug-likeness (QED) is 0.674. The van der Waals surface area contributed by atoms with Gasteiger partial charge in [-0.15, -0.1) is 11.3 Å². The van der Waals surface area contributed by atoms with Gasteiger partial charge in [0.15, 0.2) is 4.34 Å². The third-order valence-electron chi connectivity index (χ3n) is 1.85. The maximum absolute atomic E-state index is 7.56. The lowest BCUT2D eigenvalue weighted by Gasteiger charge is -2.07. The van der Waals surface area contributed by atoms with E-state index >= 15 is 0 Å². The minimum absolute atomic E-state index is 0.0616. The van der Waals surface area contributed by atoms with Crippen LogP contribution in [-0.4, -0.2) is 10.8 Å². The van der Waals surface area contributed by atoms with Gasteiger partial charge in [-0.25, -0.2) is 4.98 Å². The zero-order chi connectivity index (χ0) is 11.5. The maximum Gasteiger partial charge on any atom is 0.154 e. The molecule has 0 unspecified atom stereocenters. The first kappa shape index (κ1) is 11.6. The van der Waals surface area contributed by atoms with Crippen LogP contribution in [0.25, 0.3) is 0 Å². The molecule has 0 aliphatic rings. The Morgan fingerprint density at radius 2 is 2.31 bits per heavy atom. The number of hydrogen-bond donors (Lipinski definition) is 2. The highest BCUT2D eigenvalue weighted by Crippen LogP contribution is 2.34. The molecule has 0 aliphatic carbocycles. The summed E-state index contributed by atoms with van der Waals surface area (Å²) in [4.78, 5) is 5.14. The number of nitrogens with one attached hydrogen (secondary N) is 1. The number of rotatable bonds is 3. The zero-order valence-corrected chi connectivity index (χ0v) is 11.3. The van der Waals surface area contributed by atoms with Crippen LogP contribution in [0.15, 0.2) is 43.5 Å². The number of nitrogens with zero attached hydrogens (tertiary/aromatic N) is 1. The van der Waals surface area contributed by atoms with Gasteiger partial charge in [0.1, 0.15) is 5.84 Å². The minimum atomic E-state index is 0.0616. The molecule has 6 heteroatoms. The van der Waals surface area contributed by atoms with Gasteiger partial charge in [-0.05, 0) is 28.1 Å². The van der Waals surface area contributed by atoms with Gasteiger partial charge >= 0.3 is 0 Å². The topological polar surface area (TPSA) is 62.8 Å². The second-order valence-electron chi connectivity index (χ2n) is 2.93. The summed E-state index contributed by atoms with van der Waals surface area (Å²) in [5, 5.41) is 9.49. The third-order valence-corrected chi connectivity index (χ3v) is 4.46. The van der Waals surface area contributed by atoms with Crippen LogP contribution in [0.2, 0.25) is 0 Å². The Morgan fingerprint density at radius 3 is 2.94 bits per heavy atom. The fourth-order valence-corrected chi connectivity index (χ4v) is 3.68. The molecule has 0 saturated carbocycles. The molecule has 3 nitrogen and oxygen atoms in total. The summed E-state index contributed by atoms with van der Waals surface area (Å²) in [6.07, 6.45) is 1.76. The molecule has 3 N–H and O–H groups in total. The molecular weight excluding hydrogens is 306 g/mol. The van der Waals surface area contributed by atoms with E-state index in [1.54, 1.807) is 17.5 Å². The van der Waals surface area contributed by atoms with E-state index in [0.717, 1.165) is 19.3 Å². The van der Waals surface area contributed by atoms with Crippen LogP contribution in [0.5, 0.6) is 0 Å². The molecule has 0 amide bonds. The Morgan fingerprint density at radius 1 is 1.50 bits per heavy atom. The molecule has 0 bridgehead atoms. The summed E-state index contributed by atoms with van der Waals surface area (Å²) >= 11 is 6.49. The van der Waals surface area contributed by atoms with Crippen molar-refractivity contribution >= 4 is 44.9 Å². The SMILES string of the molecule is N=C(N)c1c(Br)cccc1Sc1nccs1. The molecular formula is C10H8BrN3S2. The Hall–Kier alpha value is -0.850. The molecule has 0 spiro atoms. The van der Waals surface area contributed by atoms with Crippen LogP contribution in [0.4, 0.5) is 0 Å². The van der Waals surface area contributed by atoms with Gasteiger partial charge in [-0.1, -0.05) is 17.8 Å². The van der Waals surface area contributed by atoms with Gasteiger partial charge in [-0.3, -0.25) is 5.41 Å². The van der Waals surface area contributed by atoms with Gasteiger partial charge in [0.2, 0.25) is 0 Å². The number of nitrogens with two attached hydrogens (primary N) is 1. The van der Waals surface area contributed by atoms with Gasteiger partial charge in [0.05, 0.1) is 0 Å². The molecule has 1 heterocycles. The number of thiazole rings is 1. The molecule has 0 atom stereocenters. The second-order valence-corrected chi connectivity index (χ2v) is 5.96. The minimum Gasteiger partial charge on any atom is -0.384 e. The molecule has 1 aromatic carbocycles. The maximum atomic E-state index is 7.56. The van der Waals surface area contributed by atoms with E-state index in [9.17, 15) is 0 Å². The monoisotopic (exact) mass is 313 g/mol. The van der Waals surface area contributed by atoms with Crippen LogP contribution in [0.1, 0.15) is 5.56 Å². The lowest BCUT2D eigenvalue weighted by molar-refractivity contribution is 1.24. The van der Waals surface area contributed by atoms with Crippen molar-refractivity contribution in [1.82, 2.24) is 4.98 Å². The normalized spacial score (nSPS) is 10.3. The summed E-state index contributed by atoms with van der Waals surface area (Å²) in [6, 6.07) is 5.74. The fraction of sp³-hybridized carbons (Fsp3) is 0. The van der Waals surface area contributed by atoms with E-state index in [4.69, 9.17) is 11.1 Å². The molecule has 0 aliphatic heterocycles. The summed E-state index contributed by atoms with van der Waals surface area (Å²) in [7, 11) is 0. The number of amidine groups is 1. The van der Waals surface area contributed by atoms with Crippen molar-refractivity contribution in [3.8, 4) is 0 Å². The highest BCUT2D eigenvalue weighted by Gasteiger charge is 2.11. The van der Waals surface area contributed by atoms with Gasteiger partial charge in [-0.2, -0.15) is 0 Å². The van der Waals surface area contributed by atoms with Crippen molar-refractivity contribution in [2.45, 2.75) is 9.24 Å². The van der Waals surface area contributed by atoms with Crippen molar-refractivity contribution < 1.29 is 0 Å². The van der Waals surface area contributed by atoms with Crippen molar-refractivity contribution in [3.63, 3.8) is 0 Å². The lowest BCUT2D eigenvalue weighted by Crippen LogP contribution is -2.13. The van der Waals surface area contributed by atoms with Crippen molar-refractivity contribution in [2.75, 3.05) is 0 Å². The first-order valence-corrected chi connectivity index (χ1v) is 6.87. The number of halogens is 1. The highest BCUT2D eigenvalue weighted by atomic mass is 79.9. The van der Waals surface area contributed by atoms with Gasteiger partial charge in [0, 0.05) is 26.5 Å². The first-order chi connectivity index (χ1) is 7.68. The Bertz CT molecular complexity index is 511. The standard InChI is InChI=1S/C10H8BrN3S2/c11-6-2-1-3-7(8(6)9(12)13)16-10-14-4-5-15-10/h1-5H,(H3,12,13). The number of benzene rings is 1. The summed E-state index contributed by atoms with van der Waals surface area (Å²) in [6.45, 7) is 0. The van der Waals surface area contributed by atoms with Crippen LogP contribution < -0.4 is 5.73 Å². The molecule has 2 rings (SSSR count). The average molecular weight is 314 g/mol. The summed E-state index contributed by atoms with van der Waals surface area (Å²) in [5.74, 6) is 0.0616. The van der Waals surface area contributed by atoms with Gasteiger partial charge in [0.25, 0.3) is 0 Å². The number of hydrogen-bond acceptors (Lipinski definition) is 4. The van der Waals surface area contributed by atoms with E-state index in [-0.39, 0.29) is 5.84 Å². The smallest absolute Gasteiger partial charge is 0.154 e. The average Bonchev–Trinajstić information content (AvgIpc) is 2.70. The number of aromatic nitrogens is 1. The van der Waals surface area contributed by atoms with E-state index < -0.39 is 0 Å². The third kappa shape index (κ3) is 2.45. The van der Waals surface area contributed by atoms with Crippen LogP contribution in [-0.2, 0) is 0 Å².